The maximum Gasteiger partial charge on any atom is 0.231 e. The minimum atomic E-state index is -0.169. The van der Waals surface area contributed by atoms with Gasteiger partial charge in [-0.1, -0.05) is 25.1 Å². The molecule has 0 bridgehead atoms. The van der Waals surface area contributed by atoms with Crippen molar-refractivity contribution in [2.45, 2.75) is 32.7 Å². The minimum absolute atomic E-state index is 0.169. The molecule has 8 heteroatoms. The molecule has 2 aliphatic rings. The number of methoxy groups -OCH3 is 1. The summed E-state index contributed by atoms with van der Waals surface area (Å²) < 4.78 is 19.1. The fourth-order valence-corrected chi connectivity index (χ4v) is 4.59. The Balaban J connectivity index is 1.73. The number of likely N-dealkylation sites (N-methyl/N-ethyl adjacent to an activating group) is 1. The zero-order valence-electron chi connectivity index (χ0n) is 17.7. The second kappa shape index (κ2) is 7.28. The molecule has 3 heterocycles. The van der Waals surface area contributed by atoms with E-state index in [0.717, 1.165) is 47.8 Å². The summed E-state index contributed by atoms with van der Waals surface area (Å²) in [7, 11) is 3.76. The number of aryl methyl sites for hydroxylation is 2. The molecule has 2 aromatic carbocycles. The SMILES string of the molecule is CCc1cccc(C)c1-n1nnnc1[C@@H]1c2c(cc3c(c2OC)OCO3)CCN1C. The van der Waals surface area contributed by atoms with E-state index in [2.05, 4.69) is 65.6 Å². The Bertz CT molecular complexity index is 1110. The van der Waals surface area contributed by atoms with Gasteiger partial charge in [-0.05, 0) is 60.0 Å². The van der Waals surface area contributed by atoms with Gasteiger partial charge < -0.3 is 14.2 Å². The van der Waals surface area contributed by atoms with E-state index in [-0.39, 0.29) is 12.8 Å². The van der Waals surface area contributed by atoms with Gasteiger partial charge in [0.25, 0.3) is 0 Å². The monoisotopic (exact) mass is 407 g/mol. The first kappa shape index (κ1) is 18.9. The summed E-state index contributed by atoms with van der Waals surface area (Å²) in [6.07, 6.45) is 1.79. The van der Waals surface area contributed by atoms with Gasteiger partial charge in [0, 0.05) is 12.1 Å². The lowest BCUT2D eigenvalue weighted by Crippen LogP contribution is -2.35. The Morgan fingerprint density at radius 3 is 2.93 bits per heavy atom. The molecule has 0 N–H and O–H groups in total. The molecule has 3 aromatic rings. The molecular weight excluding hydrogens is 382 g/mol. The van der Waals surface area contributed by atoms with E-state index in [9.17, 15) is 0 Å². The normalized spacial score (nSPS) is 17.8. The van der Waals surface area contributed by atoms with Gasteiger partial charge in [-0.25, -0.2) is 0 Å². The van der Waals surface area contributed by atoms with Crippen molar-refractivity contribution in [1.82, 2.24) is 25.1 Å². The van der Waals surface area contributed by atoms with Crippen LogP contribution in [0.3, 0.4) is 0 Å². The molecule has 0 spiro atoms. The molecule has 30 heavy (non-hydrogen) atoms. The highest BCUT2D eigenvalue weighted by Gasteiger charge is 2.38. The van der Waals surface area contributed by atoms with Crippen LogP contribution >= 0.6 is 0 Å². The summed E-state index contributed by atoms with van der Waals surface area (Å²) in [6.45, 7) is 5.32. The van der Waals surface area contributed by atoms with Crippen LogP contribution in [0.25, 0.3) is 5.69 Å². The minimum Gasteiger partial charge on any atom is -0.492 e. The molecule has 0 saturated carbocycles. The summed E-state index contributed by atoms with van der Waals surface area (Å²) in [5.41, 5.74) is 5.60. The molecule has 8 nitrogen and oxygen atoms in total. The molecule has 0 aliphatic carbocycles. The van der Waals surface area contributed by atoms with E-state index in [1.807, 2.05) is 4.68 Å². The number of nitrogens with zero attached hydrogens (tertiary/aromatic N) is 5. The third kappa shape index (κ3) is 2.74. The van der Waals surface area contributed by atoms with Crippen LogP contribution in [0.2, 0.25) is 0 Å². The second-order valence-corrected chi connectivity index (χ2v) is 7.73. The quantitative estimate of drug-likeness (QED) is 0.658. The molecule has 0 unspecified atom stereocenters. The number of hydrogen-bond acceptors (Lipinski definition) is 7. The average molecular weight is 407 g/mol. The van der Waals surface area contributed by atoms with Crippen LogP contribution in [-0.4, -0.2) is 52.6 Å². The molecule has 0 radical (unpaired) electrons. The molecule has 5 rings (SSSR count). The third-order valence-corrected chi connectivity index (χ3v) is 6.05. The van der Waals surface area contributed by atoms with Crippen molar-refractivity contribution >= 4 is 0 Å². The number of tetrazole rings is 1. The van der Waals surface area contributed by atoms with Crippen LogP contribution < -0.4 is 14.2 Å². The van der Waals surface area contributed by atoms with Crippen LogP contribution in [0.15, 0.2) is 24.3 Å². The predicted octanol–water partition coefficient (Wildman–Crippen LogP) is 2.85. The first-order valence-corrected chi connectivity index (χ1v) is 10.2. The topological polar surface area (TPSA) is 74.5 Å². The summed E-state index contributed by atoms with van der Waals surface area (Å²) in [5, 5.41) is 12.9. The molecule has 0 amide bonds. The van der Waals surface area contributed by atoms with Crippen molar-refractivity contribution in [3.63, 3.8) is 0 Å². The number of rotatable bonds is 4. The van der Waals surface area contributed by atoms with Gasteiger partial charge in [-0.3, -0.25) is 4.90 Å². The van der Waals surface area contributed by atoms with Crippen LogP contribution in [0.1, 0.15) is 41.0 Å². The fourth-order valence-electron chi connectivity index (χ4n) is 4.59. The number of hydrogen-bond donors (Lipinski definition) is 0. The lowest BCUT2D eigenvalue weighted by Gasteiger charge is -2.35. The second-order valence-electron chi connectivity index (χ2n) is 7.73. The zero-order valence-corrected chi connectivity index (χ0v) is 17.7. The van der Waals surface area contributed by atoms with Crippen LogP contribution in [-0.2, 0) is 12.8 Å². The zero-order chi connectivity index (χ0) is 20.8. The van der Waals surface area contributed by atoms with Gasteiger partial charge in [0.2, 0.25) is 12.5 Å². The number of fused-ring (bicyclic) bond motifs is 2. The number of aromatic nitrogens is 4. The van der Waals surface area contributed by atoms with Crippen molar-refractivity contribution < 1.29 is 14.2 Å². The highest BCUT2D eigenvalue weighted by atomic mass is 16.7. The Morgan fingerprint density at radius 2 is 2.13 bits per heavy atom. The summed E-state index contributed by atoms with van der Waals surface area (Å²) in [6, 6.07) is 8.20. The molecule has 156 valence electrons. The fraction of sp³-hybridized carbons (Fsp3) is 0.409. The van der Waals surface area contributed by atoms with E-state index in [1.54, 1.807) is 7.11 Å². The van der Waals surface area contributed by atoms with Crippen LogP contribution in [0.5, 0.6) is 17.2 Å². The van der Waals surface area contributed by atoms with Crippen molar-refractivity contribution in [2.24, 2.45) is 0 Å². The Labute approximate surface area is 175 Å². The maximum absolute atomic E-state index is 5.84. The van der Waals surface area contributed by atoms with Gasteiger partial charge in [0.15, 0.2) is 17.3 Å². The Hall–Kier alpha value is -3.13. The lowest BCUT2D eigenvalue weighted by molar-refractivity contribution is 0.170. The maximum atomic E-state index is 5.84. The van der Waals surface area contributed by atoms with Crippen molar-refractivity contribution in [3.8, 4) is 22.9 Å². The first-order chi connectivity index (χ1) is 14.6. The standard InChI is InChI=1S/C22H25N5O3/c1-5-14-8-6-7-13(2)18(14)27-22(23-24-25-27)19-17-15(9-10-26(19)3)11-16-20(21(17)28-4)30-12-29-16/h6-8,11,19H,5,9-10,12H2,1-4H3/t19-/m0/s1. The highest BCUT2D eigenvalue weighted by Crippen LogP contribution is 2.50. The van der Waals surface area contributed by atoms with Gasteiger partial charge in [0.05, 0.1) is 12.8 Å². The molecule has 1 atom stereocenters. The smallest absolute Gasteiger partial charge is 0.231 e. The highest BCUT2D eigenvalue weighted by molar-refractivity contribution is 5.63. The van der Waals surface area contributed by atoms with Crippen molar-refractivity contribution in [3.05, 3.63) is 52.3 Å². The molecule has 1 aromatic heterocycles. The third-order valence-electron chi connectivity index (χ3n) is 6.05. The summed E-state index contributed by atoms with van der Waals surface area (Å²) in [5.74, 6) is 2.85. The number of para-hydroxylation sites is 1. The van der Waals surface area contributed by atoms with Gasteiger partial charge in [0.1, 0.15) is 6.04 Å². The van der Waals surface area contributed by atoms with Gasteiger partial charge in [-0.15, -0.1) is 5.10 Å². The molecular formula is C22H25N5O3. The predicted molar refractivity (Wildman–Crippen MR) is 111 cm³/mol. The lowest BCUT2D eigenvalue weighted by atomic mass is 9.90. The van der Waals surface area contributed by atoms with Crippen molar-refractivity contribution in [1.29, 1.82) is 0 Å². The Kier molecular flexibility index (Phi) is 4.58. The average Bonchev–Trinajstić information content (AvgIpc) is 3.41. The van der Waals surface area contributed by atoms with Crippen LogP contribution in [0.4, 0.5) is 0 Å². The van der Waals surface area contributed by atoms with E-state index >= 15 is 0 Å². The Morgan fingerprint density at radius 1 is 1.27 bits per heavy atom. The summed E-state index contributed by atoms with van der Waals surface area (Å²) >= 11 is 0. The van der Waals surface area contributed by atoms with E-state index < -0.39 is 0 Å². The largest absolute Gasteiger partial charge is 0.492 e. The summed E-state index contributed by atoms with van der Waals surface area (Å²) in [4.78, 5) is 2.26. The molecule has 0 fully saturated rings. The number of benzene rings is 2. The van der Waals surface area contributed by atoms with Gasteiger partial charge in [-0.2, -0.15) is 4.68 Å². The number of ether oxygens (including phenoxy) is 3. The van der Waals surface area contributed by atoms with Crippen LogP contribution in [0, 0.1) is 6.92 Å². The van der Waals surface area contributed by atoms with Gasteiger partial charge >= 0.3 is 0 Å². The van der Waals surface area contributed by atoms with E-state index in [0.29, 0.717) is 11.5 Å². The van der Waals surface area contributed by atoms with Crippen molar-refractivity contribution in [2.75, 3.05) is 27.5 Å². The van der Waals surface area contributed by atoms with E-state index in [1.165, 1.54) is 11.1 Å². The molecule has 0 saturated heterocycles. The van der Waals surface area contributed by atoms with E-state index in [4.69, 9.17) is 14.2 Å². The first-order valence-electron chi connectivity index (χ1n) is 10.2. The molecule has 2 aliphatic heterocycles.